The van der Waals surface area contributed by atoms with Crippen LogP contribution in [0.5, 0.6) is 0 Å². The van der Waals surface area contributed by atoms with E-state index in [0.29, 0.717) is 5.92 Å². The number of methoxy groups -OCH3 is 1. The summed E-state index contributed by atoms with van der Waals surface area (Å²) < 4.78 is 69.2. The number of aromatic nitrogens is 1. The summed E-state index contributed by atoms with van der Waals surface area (Å²) in [5.74, 6) is -4.96. The summed E-state index contributed by atoms with van der Waals surface area (Å²) in [5.41, 5.74) is 2.57. The van der Waals surface area contributed by atoms with E-state index in [1.165, 1.54) is 0 Å². The highest BCUT2D eigenvalue weighted by Crippen LogP contribution is 2.33. The molecule has 37 heavy (non-hydrogen) atoms. The highest BCUT2D eigenvalue weighted by Gasteiger charge is 2.45. The van der Waals surface area contributed by atoms with Crippen molar-refractivity contribution in [3.8, 4) is 0 Å². The summed E-state index contributed by atoms with van der Waals surface area (Å²) >= 11 is 0. The summed E-state index contributed by atoms with van der Waals surface area (Å²) in [7, 11) is 1.80. The average molecular weight is 545 g/mol. The number of carboxylic acids is 2. The smallest absolute Gasteiger partial charge is 0.475 e. The van der Waals surface area contributed by atoms with Crippen LogP contribution in [0.2, 0.25) is 0 Å². The van der Waals surface area contributed by atoms with Crippen molar-refractivity contribution in [3.05, 3.63) is 29.1 Å². The molecule has 0 bridgehead atoms. The van der Waals surface area contributed by atoms with Gasteiger partial charge in [0.15, 0.2) is 0 Å². The standard InChI is InChI=1S/C18H27N3O2.2C2HF3O2/c1-5-20-10-15-16(11-20)21(7-6-17(15)23-4)18(22)14-8-12(2)19-13(3)9-14;2*3-2(4,5)1(6)7/h8-9,15-17H,5-7,10-11H2,1-4H3;2*(H,6,7)/t15-,16+,17+;;/m0../s1. The second kappa shape index (κ2) is 13.0. The van der Waals surface area contributed by atoms with Crippen molar-refractivity contribution >= 4 is 17.8 Å². The van der Waals surface area contributed by atoms with E-state index in [4.69, 9.17) is 24.5 Å². The van der Waals surface area contributed by atoms with Crippen LogP contribution in [0.4, 0.5) is 26.3 Å². The van der Waals surface area contributed by atoms with Crippen LogP contribution in [0.25, 0.3) is 0 Å². The zero-order valence-corrected chi connectivity index (χ0v) is 20.6. The number of rotatable bonds is 3. The molecule has 0 radical (unpaired) electrons. The largest absolute Gasteiger partial charge is 0.490 e. The van der Waals surface area contributed by atoms with Gasteiger partial charge in [-0.25, -0.2) is 9.59 Å². The number of piperidine rings is 1. The molecule has 0 aliphatic carbocycles. The van der Waals surface area contributed by atoms with E-state index in [1.54, 1.807) is 7.11 Å². The average Bonchev–Trinajstić information content (AvgIpc) is 3.21. The molecule has 3 atom stereocenters. The number of alkyl halides is 6. The van der Waals surface area contributed by atoms with Crippen LogP contribution in [-0.2, 0) is 14.3 Å². The van der Waals surface area contributed by atoms with Gasteiger partial charge in [-0.05, 0) is 38.9 Å². The van der Waals surface area contributed by atoms with Gasteiger partial charge in [0, 0.05) is 49.6 Å². The lowest BCUT2D eigenvalue weighted by Gasteiger charge is -2.41. The van der Waals surface area contributed by atoms with Crippen LogP contribution in [0.15, 0.2) is 12.1 Å². The Balaban J connectivity index is 0.000000404. The number of ether oxygens (including phenoxy) is 1. The van der Waals surface area contributed by atoms with Crippen LogP contribution in [0, 0.1) is 19.8 Å². The Bertz CT molecular complexity index is 912. The Morgan fingerprint density at radius 1 is 1.00 bits per heavy atom. The van der Waals surface area contributed by atoms with Crippen molar-refractivity contribution in [2.45, 2.75) is 51.7 Å². The lowest BCUT2D eigenvalue weighted by molar-refractivity contribution is -0.193. The summed E-state index contributed by atoms with van der Waals surface area (Å²) in [6.07, 6.45) is -8.98. The molecule has 15 heteroatoms. The van der Waals surface area contributed by atoms with E-state index in [-0.39, 0.29) is 18.1 Å². The number of halogens is 6. The number of pyridine rings is 1. The van der Waals surface area contributed by atoms with E-state index >= 15 is 0 Å². The van der Waals surface area contributed by atoms with Gasteiger partial charge in [-0.3, -0.25) is 9.78 Å². The number of carbonyl (C=O) groups is 3. The van der Waals surface area contributed by atoms with Crippen LogP contribution >= 0.6 is 0 Å². The van der Waals surface area contributed by atoms with E-state index in [0.717, 1.165) is 49.6 Å². The van der Waals surface area contributed by atoms with Crippen molar-refractivity contribution in [2.24, 2.45) is 5.92 Å². The number of fused-ring (bicyclic) bond motifs is 1. The summed E-state index contributed by atoms with van der Waals surface area (Å²) in [4.78, 5) is 39.7. The maximum atomic E-state index is 13.1. The fraction of sp³-hybridized carbons (Fsp3) is 0.636. The van der Waals surface area contributed by atoms with Crippen LogP contribution in [0.3, 0.4) is 0 Å². The highest BCUT2D eigenvalue weighted by atomic mass is 19.4. The molecule has 2 aliphatic rings. The van der Waals surface area contributed by atoms with Crippen LogP contribution < -0.4 is 0 Å². The second-order valence-corrected chi connectivity index (χ2v) is 8.39. The van der Waals surface area contributed by atoms with Gasteiger partial charge in [-0.1, -0.05) is 6.92 Å². The van der Waals surface area contributed by atoms with Crippen molar-refractivity contribution in [1.82, 2.24) is 14.8 Å². The van der Waals surface area contributed by atoms with Crippen molar-refractivity contribution in [2.75, 3.05) is 33.3 Å². The molecule has 0 unspecified atom stereocenters. The number of carbonyl (C=O) groups excluding carboxylic acids is 1. The SMILES string of the molecule is CCN1C[C@H]2[C@@H](C1)N(C(=O)c1cc(C)nc(C)c1)CC[C@H]2OC.O=C(O)C(F)(F)F.O=C(O)C(F)(F)F. The van der Waals surface area contributed by atoms with Crippen molar-refractivity contribution in [3.63, 3.8) is 0 Å². The molecule has 210 valence electrons. The topological polar surface area (TPSA) is 120 Å². The molecule has 0 spiro atoms. The first kappa shape index (κ1) is 32.1. The molecular weight excluding hydrogens is 516 g/mol. The first-order chi connectivity index (χ1) is 16.9. The van der Waals surface area contributed by atoms with Crippen LogP contribution in [0.1, 0.15) is 35.1 Å². The Hall–Kier alpha value is -2.94. The first-order valence-corrected chi connectivity index (χ1v) is 11.0. The number of aliphatic carboxylic acids is 2. The van der Waals surface area contributed by atoms with Crippen molar-refractivity contribution < 1.29 is 55.7 Å². The van der Waals surface area contributed by atoms with Gasteiger partial charge < -0.3 is 24.7 Å². The maximum absolute atomic E-state index is 13.1. The maximum Gasteiger partial charge on any atom is 0.490 e. The minimum Gasteiger partial charge on any atom is -0.475 e. The van der Waals surface area contributed by atoms with E-state index < -0.39 is 24.3 Å². The molecule has 0 aromatic carbocycles. The molecule has 1 aromatic rings. The van der Waals surface area contributed by atoms with Gasteiger partial charge in [0.05, 0.1) is 12.1 Å². The van der Waals surface area contributed by atoms with Gasteiger partial charge in [0.25, 0.3) is 5.91 Å². The molecule has 2 N–H and O–H groups in total. The summed E-state index contributed by atoms with van der Waals surface area (Å²) in [6.45, 7) is 9.85. The number of likely N-dealkylation sites (tertiary alicyclic amines) is 2. The molecule has 3 heterocycles. The molecule has 9 nitrogen and oxygen atoms in total. The summed E-state index contributed by atoms with van der Waals surface area (Å²) in [6, 6.07) is 4.06. The number of nitrogens with zero attached hydrogens (tertiary/aromatic N) is 3. The Labute approximate surface area is 209 Å². The number of carboxylic acid groups (broad SMARTS) is 2. The predicted molar refractivity (Wildman–Crippen MR) is 117 cm³/mol. The fourth-order valence-electron chi connectivity index (χ4n) is 4.16. The van der Waals surface area contributed by atoms with Crippen molar-refractivity contribution in [1.29, 1.82) is 0 Å². The monoisotopic (exact) mass is 545 g/mol. The predicted octanol–water partition coefficient (Wildman–Crippen LogP) is 3.15. The second-order valence-electron chi connectivity index (χ2n) is 8.39. The van der Waals surface area contributed by atoms with Gasteiger partial charge >= 0.3 is 24.3 Å². The molecule has 1 amide bonds. The van der Waals surface area contributed by atoms with E-state index in [1.807, 2.05) is 26.0 Å². The lowest BCUT2D eigenvalue weighted by Crippen LogP contribution is -2.53. The van der Waals surface area contributed by atoms with Gasteiger partial charge in [0.1, 0.15) is 0 Å². The molecule has 3 rings (SSSR count). The molecule has 1 aromatic heterocycles. The minimum atomic E-state index is -5.08. The van der Waals surface area contributed by atoms with Crippen LogP contribution in [-0.4, -0.2) is 101 Å². The number of aryl methyl sites for hydroxylation is 2. The summed E-state index contributed by atoms with van der Waals surface area (Å²) in [5, 5.41) is 14.2. The third kappa shape index (κ3) is 9.46. The van der Waals surface area contributed by atoms with E-state index in [2.05, 4.69) is 21.7 Å². The molecule has 2 saturated heterocycles. The number of hydrogen-bond donors (Lipinski definition) is 2. The molecule has 2 fully saturated rings. The lowest BCUT2D eigenvalue weighted by atomic mass is 9.88. The van der Waals surface area contributed by atoms with Gasteiger partial charge in [-0.2, -0.15) is 26.3 Å². The zero-order valence-electron chi connectivity index (χ0n) is 20.6. The normalized spacial score (nSPS) is 21.7. The Morgan fingerprint density at radius 3 is 1.84 bits per heavy atom. The molecule has 0 saturated carbocycles. The number of hydrogen-bond acceptors (Lipinski definition) is 6. The minimum absolute atomic E-state index is 0.140. The molecular formula is C22H29F6N3O6. The third-order valence-electron chi connectivity index (χ3n) is 5.77. The van der Waals surface area contributed by atoms with Gasteiger partial charge in [-0.15, -0.1) is 0 Å². The van der Waals surface area contributed by atoms with E-state index in [9.17, 15) is 31.1 Å². The Kier molecular flexibility index (Phi) is 11.3. The number of likely N-dealkylation sites (N-methyl/N-ethyl adjacent to an activating group) is 1. The zero-order chi connectivity index (χ0) is 28.7. The molecule has 2 aliphatic heterocycles. The number of amides is 1. The highest BCUT2D eigenvalue weighted by molar-refractivity contribution is 5.94. The third-order valence-corrected chi connectivity index (χ3v) is 5.77. The fourth-order valence-corrected chi connectivity index (χ4v) is 4.16. The quantitative estimate of drug-likeness (QED) is 0.556. The first-order valence-electron chi connectivity index (χ1n) is 11.0. The van der Waals surface area contributed by atoms with Gasteiger partial charge in [0.2, 0.25) is 0 Å². The Morgan fingerprint density at radius 2 is 1.46 bits per heavy atom.